The Kier molecular flexibility index (Phi) is 3.72. The summed E-state index contributed by atoms with van der Waals surface area (Å²) in [6.07, 6.45) is 3.04. The fourth-order valence-electron chi connectivity index (χ4n) is 1.43. The van der Waals surface area contributed by atoms with Crippen LogP contribution in [0.3, 0.4) is 0 Å². The Labute approximate surface area is 114 Å². The van der Waals surface area contributed by atoms with Gasteiger partial charge in [0.1, 0.15) is 5.69 Å². The fourth-order valence-corrected chi connectivity index (χ4v) is 1.67. The number of aromatic nitrogens is 2. The molecule has 0 aliphatic heterocycles. The van der Waals surface area contributed by atoms with E-state index in [2.05, 4.69) is 31.2 Å². The average molecular weight is 306 g/mol. The zero-order valence-electron chi connectivity index (χ0n) is 10.1. The highest BCUT2D eigenvalue weighted by atomic mass is 79.9. The van der Waals surface area contributed by atoms with Crippen molar-refractivity contribution in [2.24, 2.45) is 0 Å². The average Bonchev–Trinajstić information content (AvgIpc) is 2.34. The van der Waals surface area contributed by atoms with Crippen LogP contribution in [0.2, 0.25) is 0 Å². The second-order valence-corrected chi connectivity index (χ2v) is 4.82. The van der Waals surface area contributed by atoms with E-state index in [-0.39, 0.29) is 5.91 Å². The van der Waals surface area contributed by atoms with Gasteiger partial charge in [0.25, 0.3) is 5.91 Å². The first-order valence-corrected chi connectivity index (χ1v) is 6.22. The highest BCUT2D eigenvalue weighted by Gasteiger charge is 2.08. The summed E-state index contributed by atoms with van der Waals surface area (Å²) in [7, 11) is 0. The van der Waals surface area contributed by atoms with Crippen molar-refractivity contribution in [3.05, 3.63) is 52.0 Å². The molecular weight excluding hydrogens is 294 g/mol. The van der Waals surface area contributed by atoms with E-state index in [0.29, 0.717) is 5.69 Å². The first-order chi connectivity index (χ1) is 8.56. The predicted octanol–water partition coefficient (Wildman–Crippen LogP) is 3.11. The first-order valence-electron chi connectivity index (χ1n) is 5.42. The lowest BCUT2D eigenvalue weighted by Crippen LogP contribution is -2.14. The van der Waals surface area contributed by atoms with Crippen LogP contribution in [0.25, 0.3) is 0 Å². The van der Waals surface area contributed by atoms with Crippen molar-refractivity contribution in [1.82, 2.24) is 9.97 Å². The smallest absolute Gasteiger partial charge is 0.275 e. The summed E-state index contributed by atoms with van der Waals surface area (Å²) in [6.45, 7) is 3.79. The van der Waals surface area contributed by atoms with Gasteiger partial charge in [0.15, 0.2) is 0 Å². The molecule has 0 unspecified atom stereocenters. The number of rotatable bonds is 2. The first kappa shape index (κ1) is 12.7. The van der Waals surface area contributed by atoms with E-state index in [4.69, 9.17) is 0 Å². The molecule has 0 saturated carbocycles. The molecule has 5 heteroatoms. The molecule has 0 aliphatic rings. The molecule has 0 bridgehead atoms. The van der Waals surface area contributed by atoms with E-state index in [1.54, 1.807) is 6.20 Å². The summed E-state index contributed by atoms with van der Waals surface area (Å²) >= 11 is 3.41. The largest absolute Gasteiger partial charge is 0.321 e. The summed E-state index contributed by atoms with van der Waals surface area (Å²) in [6, 6.07) is 5.62. The maximum absolute atomic E-state index is 11.9. The van der Waals surface area contributed by atoms with Gasteiger partial charge in [0.2, 0.25) is 0 Å². The van der Waals surface area contributed by atoms with Crippen LogP contribution in [-0.4, -0.2) is 15.9 Å². The molecule has 4 nitrogen and oxygen atoms in total. The Morgan fingerprint density at radius 3 is 2.61 bits per heavy atom. The highest BCUT2D eigenvalue weighted by molar-refractivity contribution is 9.10. The van der Waals surface area contributed by atoms with Crippen molar-refractivity contribution in [2.45, 2.75) is 13.8 Å². The van der Waals surface area contributed by atoms with E-state index in [9.17, 15) is 4.79 Å². The molecule has 0 spiro atoms. The lowest BCUT2D eigenvalue weighted by Gasteiger charge is -2.06. The lowest BCUT2D eigenvalue weighted by molar-refractivity contribution is 0.102. The van der Waals surface area contributed by atoms with Gasteiger partial charge in [0.05, 0.1) is 11.9 Å². The number of amides is 1. The number of hydrogen-bond acceptors (Lipinski definition) is 3. The summed E-state index contributed by atoms with van der Waals surface area (Å²) in [4.78, 5) is 20.0. The number of benzene rings is 1. The molecule has 0 atom stereocenters. The lowest BCUT2D eigenvalue weighted by atomic mass is 10.2. The number of halogens is 1. The van der Waals surface area contributed by atoms with Crippen LogP contribution in [0.1, 0.15) is 21.7 Å². The quantitative estimate of drug-likeness (QED) is 0.927. The van der Waals surface area contributed by atoms with E-state index >= 15 is 0 Å². The third-order valence-corrected chi connectivity index (χ3v) is 3.32. The van der Waals surface area contributed by atoms with Gasteiger partial charge >= 0.3 is 0 Å². The Morgan fingerprint density at radius 1 is 1.22 bits per heavy atom. The van der Waals surface area contributed by atoms with Crippen LogP contribution in [0.15, 0.2) is 35.1 Å². The van der Waals surface area contributed by atoms with Gasteiger partial charge in [-0.15, -0.1) is 0 Å². The predicted molar refractivity (Wildman–Crippen MR) is 73.6 cm³/mol. The highest BCUT2D eigenvalue weighted by Crippen LogP contribution is 2.20. The van der Waals surface area contributed by atoms with Crippen LogP contribution in [0, 0.1) is 13.8 Å². The number of carbonyl (C=O) groups is 1. The van der Waals surface area contributed by atoms with Crippen molar-refractivity contribution in [3.63, 3.8) is 0 Å². The van der Waals surface area contributed by atoms with E-state index in [0.717, 1.165) is 21.4 Å². The molecule has 0 saturated heterocycles. The fraction of sp³-hybridized carbons (Fsp3) is 0.154. The Balaban J connectivity index is 2.16. The topological polar surface area (TPSA) is 54.9 Å². The molecule has 1 aromatic heterocycles. The third-order valence-electron chi connectivity index (χ3n) is 2.43. The summed E-state index contributed by atoms with van der Waals surface area (Å²) in [5.74, 6) is -0.260. The van der Waals surface area contributed by atoms with Gasteiger partial charge in [0, 0.05) is 16.4 Å². The second kappa shape index (κ2) is 5.27. The molecular formula is C13H12BrN3O. The minimum absolute atomic E-state index is 0.260. The molecule has 2 rings (SSSR count). The van der Waals surface area contributed by atoms with Crippen molar-refractivity contribution in [2.75, 3.05) is 5.32 Å². The van der Waals surface area contributed by atoms with Crippen molar-refractivity contribution in [1.29, 1.82) is 0 Å². The molecule has 1 N–H and O–H groups in total. The number of hydrogen-bond donors (Lipinski definition) is 1. The van der Waals surface area contributed by atoms with Gasteiger partial charge in [-0.1, -0.05) is 15.9 Å². The van der Waals surface area contributed by atoms with Crippen LogP contribution in [0.4, 0.5) is 5.69 Å². The second-order valence-electron chi connectivity index (χ2n) is 3.96. The Morgan fingerprint density at radius 2 is 2.00 bits per heavy atom. The summed E-state index contributed by atoms with van der Waals surface area (Å²) in [5, 5.41) is 2.78. The van der Waals surface area contributed by atoms with Crippen LogP contribution < -0.4 is 5.32 Å². The maximum Gasteiger partial charge on any atom is 0.275 e. The number of aryl methyl sites for hydroxylation is 2. The molecule has 1 aromatic carbocycles. The molecule has 1 amide bonds. The molecule has 0 fully saturated rings. The third kappa shape index (κ3) is 2.92. The number of carbonyl (C=O) groups excluding carboxylic acids is 1. The van der Waals surface area contributed by atoms with Crippen molar-refractivity contribution in [3.8, 4) is 0 Å². The Bertz CT molecular complexity index is 581. The zero-order chi connectivity index (χ0) is 13.1. The van der Waals surface area contributed by atoms with Crippen molar-refractivity contribution < 1.29 is 4.79 Å². The normalized spacial score (nSPS) is 10.2. The molecule has 2 aromatic rings. The van der Waals surface area contributed by atoms with Crippen LogP contribution in [0.5, 0.6) is 0 Å². The number of nitrogens with one attached hydrogen (secondary N) is 1. The molecule has 92 valence electrons. The summed E-state index contributed by atoms with van der Waals surface area (Å²) in [5.41, 5.74) is 2.89. The standard InChI is InChI=1S/C13H12BrN3O/c1-8-5-10(3-4-11(8)14)17-13(18)12-7-15-9(2)6-16-12/h3-7H,1-2H3,(H,17,18). The van der Waals surface area contributed by atoms with Gasteiger partial charge in [-0.25, -0.2) is 4.98 Å². The molecule has 0 radical (unpaired) electrons. The monoisotopic (exact) mass is 305 g/mol. The minimum atomic E-state index is -0.260. The number of anilines is 1. The number of nitrogens with zero attached hydrogens (tertiary/aromatic N) is 2. The molecule has 0 aliphatic carbocycles. The van der Waals surface area contributed by atoms with Gasteiger partial charge < -0.3 is 5.32 Å². The van der Waals surface area contributed by atoms with Crippen molar-refractivity contribution >= 4 is 27.5 Å². The van der Waals surface area contributed by atoms with Gasteiger partial charge in [-0.05, 0) is 37.6 Å². The molecule has 18 heavy (non-hydrogen) atoms. The van der Waals surface area contributed by atoms with Crippen LogP contribution in [-0.2, 0) is 0 Å². The molecule has 1 heterocycles. The zero-order valence-corrected chi connectivity index (χ0v) is 11.7. The van der Waals surface area contributed by atoms with E-state index in [1.165, 1.54) is 6.20 Å². The van der Waals surface area contributed by atoms with Gasteiger partial charge in [-0.2, -0.15) is 0 Å². The minimum Gasteiger partial charge on any atom is -0.321 e. The Hall–Kier alpha value is -1.75. The van der Waals surface area contributed by atoms with Crippen LogP contribution >= 0.6 is 15.9 Å². The van der Waals surface area contributed by atoms with E-state index < -0.39 is 0 Å². The van der Waals surface area contributed by atoms with Gasteiger partial charge in [-0.3, -0.25) is 9.78 Å². The maximum atomic E-state index is 11.9. The summed E-state index contributed by atoms with van der Waals surface area (Å²) < 4.78 is 1.01. The SMILES string of the molecule is Cc1cnc(C(=O)Nc2ccc(Br)c(C)c2)cn1. The van der Waals surface area contributed by atoms with E-state index in [1.807, 2.05) is 32.0 Å².